The van der Waals surface area contributed by atoms with E-state index in [4.69, 9.17) is 0 Å². The summed E-state index contributed by atoms with van der Waals surface area (Å²) in [4.78, 5) is 31.4. The molecule has 0 fully saturated rings. The van der Waals surface area contributed by atoms with Crippen molar-refractivity contribution in [2.24, 2.45) is 0 Å². The lowest BCUT2D eigenvalue weighted by atomic mass is 10.2. The Bertz CT molecular complexity index is 931. The molecule has 0 saturated heterocycles. The third-order valence-electron chi connectivity index (χ3n) is 3.98. The van der Waals surface area contributed by atoms with Gasteiger partial charge in [0, 0.05) is 25.8 Å². The number of rotatable bonds is 5. The average molecular weight is 350 g/mol. The van der Waals surface area contributed by atoms with Crippen LogP contribution in [-0.4, -0.2) is 39.2 Å². The third-order valence-corrected chi connectivity index (χ3v) is 3.98. The van der Waals surface area contributed by atoms with Gasteiger partial charge in [-0.1, -0.05) is 36.4 Å². The van der Waals surface area contributed by atoms with Crippen LogP contribution in [0, 0.1) is 0 Å². The van der Waals surface area contributed by atoms with Crippen molar-refractivity contribution in [3.05, 3.63) is 71.8 Å². The number of fused-ring (bicyclic) bond motifs is 1. The number of amides is 2. The summed E-state index contributed by atoms with van der Waals surface area (Å²) in [5, 5.41) is 2.83. The highest BCUT2D eigenvalue weighted by molar-refractivity contribution is 6.02. The van der Waals surface area contributed by atoms with E-state index in [9.17, 15) is 9.59 Å². The van der Waals surface area contributed by atoms with Crippen LogP contribution in [0.25, 0.3) is 5.52 Å². The fraction of sp³-hybridized carbons (Fsp3) is 0.250. The molecule has 0 spiro atoms. The first-order chi connectivity index (χ1) is 12.5. The maximum absolute atomic E-state index is 12.9. The summed E-state index contributed by atoms with van der Waals surface area (Å²) in [5.74, 6) is -0.308. The summed E-state index contributed by atoms with van der Waals surface area (Å²) >= 11 is 0. The molecule has 2 aromatic heterocycles. The van der Waals surface area contributed by atoms with Crippen molar-refractivity contribution >= 4 is 17.3 Å². The molecule has 0 saturated carbocycles. The lowest BCUT2D eigenvalue weighted by Crippen LogP contribution is -2.31. The Labute approximate surface area is 152 Å². The number of hydrogen-bond acceptors (Lipinski definition) is 3. The molecule has 2 amide bonds. The Kier molecular flexibility index (Phi) is 5.02. The number of nitrogens with zero attached hydrogens (tertiary/aromatic N) is 3. The van der Waals surface area contributed by atoms with Gasteiger partial charge >= 0.3 is 0 Å². The van der Waals surface area contributed by atoms with E-state index < -0.39 is 0 Å². The normalized spacial score (nSPS) is 10.9. The highest BCUT2D eigenvalue weighted by Crippen LogP contribution is 2.16. The molecular formula is C20H22N4O2. The van der Waals surface area contributed by atoms with Gasteiger partial charge in [-0.3, -0.25) is 14.0 Å². The Balaban J connectivity index is 1.94. The second-order valence-electron chi connectivity index (χ2n) is 6.51. The van der Waals surface area contributed by atoms with E-state index in [-0.39, 0.29) is 29.4 Å². The van der Waals surface area contributed by atoms with Gasteiger partial charge < -0.3 is 10.2 Å². The number of aromatic nitrogens is 2. The van der Waals surface area contributed by atoms with Crippen LogP contribution in [0.3, 0.4) is 0 Å². The van der Waals surface area contributed by atoms with Crippen molar-refractivity contribution in [1.82, 2.24) is 19.6 Å². The molecular weight excluding hydrogens is 328 g/mol. The van der Waals surface area contributed by atoms with Gasteiger partial charge in [0.25, 0.3) is 11.8 Å². The zero-order valence-electron chi connectivity index (χ0n) is 15.1. The molecule has 1 aromatic carbocycles. The first kappa shape index (κ1) is 17.7. The van der Waals surface area contributed by atoms with Gasteiger partial charge in [0.15, 0.2) is 5.69 Å². The zero-order chi connectivity index (χ0) is 18.7. The Morgan fingerprint density at radius 2 is 1.81 bits per heavy atom. The number of hydrogen-bond donors (Lipinski definition) is 1. The fourth-order valence-corrected chi connectivity index (χ4v) is 2.79. The predicted octanol–water partition coefficient (Wildman–Crippen LogP) is 2.74. The third kappa shape index (κ3) is 3.59. The van der Waals surface area contributed by atoms with Crippen LogP contribution >= 0.6 is 0 Å². The van der Waals surface area contributed by atoms with E-state index >= 15 is 0 Å². The van der Waals surface area contributed by atoms with Gasteiger partial charge in [-0.15, -0.1) is 0 Å². The summed E-state index contributed by atoms with van der Waals surface area (Å²) in [6.07, 6.45) is 1.74. The topological polar surface area (TPSA) is 66.7 Å². The lowest BCUT2D eigenvalue weighted by Gasteiger charge is -2.16. The number of pyridine rings is 1. The van der Waals surface area contributed by atoms with Crippen LogP contribution in [-0.2, 0) is 6.54 Å². The minimum atomic E-state index is -0.300. The van der Waals surface area contributed by atoms with Crippen LogP contribution in [0.5, 0.6) is 0 Å². The smallest absolute Gasteiger partial charge is 0.287 e. The second kappa shape index (κ2) is 7.39. The van der Waals surface area contributed by atoms with E-state index in [1.807, 2.05) is 56.3 Å². The van der Waals surface area contributed by atoms with E-state index in [0.717, 1.165) is 5.56 Å². The van der Waals surface area contributed by atoms with E-state index in [1.54, 1.807) is 28.6 Å². The quantitative estimate of drug-likeness (QED) is 0.769. The molecule has 0 radical (unpaired) electrons. The van der Waals surface area contributed by atoms with Gasteiger partial charge in [-0.05, 0) is 31.5 Å². The molecule has 0 bridgehead atoms. The fourth-order valence-electron chi connectivity index (χ4n) is 2.79. The number of carbonyl (C=O) groups excluding carboxylic acids is 2. The van der Waals surface area contributed by atoms with Crippen molar-refractivity contribution in [2.75, 3.05) is 7.05 Å². The predicted molar refractivity (Wildman–Crippen MR) is 100 cm³/mol. The first-order valence-electron chi connectivity index (χ1n) is 8.54. The number of imidazole rings is 1. The maximum Gasteiger partial charge on any atom is 0.287 e. The standard InChI is InChI=1S/C20H22N4O2/c1-14(2)21-19(25)18-22-17(16-11-7-8-12-24(16)18)20(26)23(3)13-15-9-5-4-6-10-15/h4-12,14H,13H2,1-3H3,(H,21,25). The molecule has 6 nitrogen and oxygen atoms in total. The molecule has 3 aromatic rings. The van der Waals surface area contributed by atoms with Gasteiger partial charge in [0.1, 0.15) is 0 Å². The molecule has 0 aliphatic rings. The van der Waals surface area contributed by atoms with E-state index in [2.05, 4.69) is 10.3 Å². The van der Waals surface area contributed by atoms with Gasteiger partial charge in [0.2, 0.25) is 5.82 Å². The number of benzene rings is 1. The Hall–Kier alpha value is -3.15. The second-order valence-corrected chi connectivity index (χ2v) is 6.51. The van der Waals surface area contributed by atoms with Crippen LogP contribution in [0.1, 0.15) is 40.5 Å². The molecule has 6 heteroatoms. The lowest BCUT2D eigenvalue weighted by molar-refractivity contribution is 0.0782. The minimum Gasteiger partial charge on any atom is -0.347 e. The monoisotopic (exact) mass is 350 g/mol. The highest BCUT2D eigenvalue weighted by Gasteiger charge is 2.23. The highest BCUT2D eigenvalue weighted by atomic mass is 16.2. The van der Waals surface area contributed by atoms with Crippen LogP contribution in [0.4, 0.5) is 0 Å². The summed E-state index contributed by atoms with van der Waals surface area (Å²) in [5.41, 5.74) is 1.92. The Morgan fingerprint density at radius 1 is 1.12 bits per heavy atom. The summed E-state index contributed by atoms with van der Waals surface area (Å²) in [7, 11) is 1.73. The minimum absolute atomic E-state index is 0.0153. The van der Waals surface area contributed by atoms with E-state index in [0.29, 0.717) is 12.1 Å². The van der Waals surface area contributed by atoms with Gasteiger partial charge in [-0.2, -0.15) is 0 Å². The van der Waals surface area contributed by atoms with E-state index in [1.165, 1.54) is 0 Å². The molecule has 0 aliphatic carbocycles. The number of carbonyl (C=O) groups is 2. The van der Waals surface area contributed by atoms with Crippen molar-refractivity contribution in [3.8, 4) is 0 Å². The molecule has 0 atom stereocenters. The zero-order valence-corrected chi connectivity index (χ0v) is 15.1. The largest absolute Gasteiger partial charge is 0.347 e. The van der Waals surface area contributed by atoms with Crippen molar-refractivity contribution < 1.29 is 9.59 Å². The molecule has 26 heavy (non-hydrogen) atoms. The van der Waals surface area contributed by atoms with Crippen molar-refractivity contribution in [2.45, 2.75) is 26.4 Å². The molecule has 0 unspecified atom stereocenters. The van der Waals surface area contributed by atoms with Crippen LogP contribution < -0.4 is 5.32 Å². The van der Waals surface area contributed by atoms with Crippen molar-refractivity contribution in [1.29, 1.82) is 0 Å². The number of nitrogens with one attached hydrogen (secondary N) is 1. The molecule has 134 valence electrons. The summed E-state index contributed by atoms with van der Waals surface area (Å²) in [6.45, 7) is 4.24. The molecule has 3 rings (SSSR count). The maximum atomic E-state index is 12.9. The van der Waals surface area contributed by atoms with Gasteiger partial charge in [0.05, 0.1) is 5.52 Å². The average Bonchev–Trinajstić information content (AvgIpc) is 3.01. The van der Waals surface area contributed by atoms with Crippen molar-refractivity contribution in [3.63, 3.8) is 0 Å². The summed E-state index contributed by atoms with van der Waals surface area (Å²) < 4.78 is 1.65. The molecule has 0 aliphatic heterocycles. The van der Waals surface area contributed by atoms with Gasteiger partial charge in [-0.25, -0.2) is 4.98 Å². The first-order valence-corrected chi connectivity index (χ1v) is 8.54. The van der Waals surface area contributed by atoms with Crippen LogP contribution in [0.2, 0.25) is 0 Å². The SMILES string of the molecule is CC(C)NC(=O)c1nc(C(=O)N(C)Cc2ccccc2)c2ccccn12. The molecule has 1 N–H and O–H groups in total. The van der Waals surface area contributed by atoms with Crippen LogP contribution in [0.15, 0.2) is 54.7 Å². The Morgan fingerprint density at radius 3 is 2.50 bits per heavy atom. The summed E-state index contributed by atoms with van der Waals surface area (Å²) in [6, 6.07) is 15.2. The molecule has 2 heterocycles.